The van der Waals surface area contributed by atoms with Gasteiger partial charge in [-0.1, -0.05) is 17.7 Å². The summed E-state index contributed by atoms with van der Waals surface area (Å²) in [6.07, 6.45) is -2.04. The van der Waals surface area contributed by atoms with E-state index >= 15 is 0 Å². The van der Waals surface area contributed by atoms with Crippen LogP contribution in [-0.4, -0.2) is 18.2 Å². The number of rotatable bonds is 3. The predicted octanol–water partition coefficient (Wildman–Crippen LogP) is 3.66. The lowest BCUT2D eigenvalue weighted by molar-refractivity contribution is 0.0635. The summed E-state index contributed by atoms with van der Waals surface area (Å²) in [6.45, 7) is 5.04. The quantitative estimate of drug-likeness (QED) is 0.892. The van der Waals surface area contributed by atoms with Crippen LogP contribution in [0.1, 0.15) is 32.5 Å². The molecule has 106 valence electrons. The minimum atomic E-state index is -1.37. The third-order valence-corrected chi connectivity index (χ3v) is 2.43. The molecule has 0 aliphatic carbocycles. The molecule has 1 rings (SSSR count). The van der Waals surface area contributed by atoms with Crippen LogP contribution in [0.25, 0.3) is 0 Å². The lowest BCUT2D eigenvalue weighted by atomic mass is 10.1. The number of amides is 1. The average molecular weight is 289 g/mol. The largest absolute Gasteiger partial charge is 0.444 e. The van der Waals surface area contributed by atoms with Gasteiger partial charge in [0.2, 0.25) is 0 Å². The van der Waals surface area contributed by atoms with Crippen LogP contribution in [0.15, 0.2) is 18.2 Å². The lowest BCUT2D eigenvalue weighted by Crippen LogP contribution is -2.27. The summed E-state index contributed by atoms with van der Waals surface area (Å²) < 4.78 is 18.8. The third-order valence-electron chi connectivity index (χ3n) is 2.20. The maximum absolute atomic E-state index is 13.7. The van der Waals surface area contributed by atoms with Gasteiger partial charge in [0.15, 0.2) is 0 Å². The maximum Gasteiger partial charge on any atom is 0.412 e. The van der Waals surface area contributed by atoms with Gasteiger partial charge in [-0.15, -0.1) is 0 Å². The van der Waals surface area contributed by atoms with Gasteiger partial charge in [0.05, 0.1) is 5.69 Å². The van der Waals surface area contributed by atoms with Crippen LogP contribution in [0.5, 0.6) is 0 Å². The Morgan fingerprint density at radius 2 is 2.16 bits per heavy atom. The second-order valence-electron chi connectivity index (χ2n) is 5.06. The topological polar surface area (TPSA) is 64.3 Å². The van der Waals surface area contributed by atoms with Crippen molar-refractivity contribution in [1.29, 1.82) is 0 Å². The number of hydrogen-bond donors (Lipinski definition) is 2. The van der Waals surface area contributed by atoms with E-state index in [1.54, 1.807) is 26.8 Å². The number of ether oxygens (including phenoxy) is 1. The molecule has 0 saturated carbocycles. The SMILES string of the molecule is CC(C)(C)OC(=O)Nc1cc(Cl)ccc1C(F)CN. The fraction of sp³-hybridized carbons (Fsp3) is 0.462. The van der Waals surface area contributed by atoms with Crippen molar-refractivity contribution < 1.29 is 13.9 Å². The Balaban J connectivity index is 2.93. The van der Waals surface area contributed by atoms with E-state index in [1.165, 1.54) is 12.1 Å². The van der Waals surface area contributed by atoms with Gasteiger partial charge < -0.3 is 10.5 Å². The molecule has 3 N–H and O–H groups in total. The molecular weight excluding hydrogens is 271 g/mol. The molecular formula is C13H18ClFN2O2. The van der Waals surface area contributed by atoms with E-state index in [0.717, 1.165) is 0 Å². The molecule has 1 aromatic carbocycles. The van der Waals surface area contributed by atoms with Gasteiger partial charge in [0, 0.05) is 17.1 Å². The molecule has 4 nitrogen and oxygen atoms in total. The fourth-order valence-corrected chi connectivity index (χ4v) is 1.62. The number of benzene rings is 1. The standard InChI is InChI=1S/C13H18ClFN2O2/c1-13(2,3)19-12(18)17-11-6-8(14)4-5-9(11)10(15)7-16/h4-6,10H,7,16H2,1-3H3,(H,17,18). The van der Waals surface area contributed by atoms with Gasteiger partial charge in [0.1, 0.15) is 11.8 Å². The minimum absolute atomic E-state index is 0.176. The van der Waals surface area contributed by atoms with E-state index in [2.05, 4.69) is 5.32 Å². The van der Waals surface area contributed by atoms with Gasteiger partial charge >= 0.3 is 6.09 Å². The molecule has 6 heteroatoms. The van der Waals surface area contributed by atoms with Crippen molar-refractivity contribution in [3.63, 3.8) is 0 Å². The zero-order valence-corrected chi connectivity index (χ0v) is 11.9. The van der Waals surface area contributed by atoms with Crippen molar-refractivity contribution in [3.05, 3.63) is 28.8 Å². The van der Waals surface area contributed by atoms with E-state index in [4.69, 9.17) is 22.1 Å². The highest BCUT2D eigenvalue weighted by atomic mass is 35.5. The number of alkyl halides is 1. The Bertz CT molecular complexity index is 460. The third kappa shape index (κ3) is 5.04. The molecule has 0 heterocycles. The first-order chi connectivity index (χ1) is 8.73. The smallest absolute Gasteiger partial charge is 0.412 e. The summed E-state index contributed by atoms with van der Waals surface area (Å²) in [5.41, 5.74) is 5.20. The highest BCUT2D eigenvalue weighted by Crippen LogP contribution is 2.28. The van der Waals surface area contributed by atoms with Crippen LogP contribution in [0, 0.1) is 0 Å². The summed E-state index contributed by atoms with van der Waals surface area (Å²) in [6, 6.07) is 4.50. The van der Waals surface area contributed by atoms with Gasteiger partial charge in [-0.3, -0.25) is 5.32 Å². The first-order valence-corrected chi connectivity index (χ1v) is 6.24. The van der Waals surface area contributed by atoms with Crippen molar-refractivity contribution in [2.75, 3.05) is 11.9 Å². The summed E-state index contributed by atoms with van der Waals surface area (Å²) in [5.74, 6) is 0. The van der Waals surface area contributed by atoms with E-state index in [9.17, 15) is 9.18 Å². The van der Waals surface area contributed by atoms with E-state index in [-0.39, 0.29) is 17.8 Å². The van der Waals surface area contributed by atoms with Gasteiger partial charge in [-0.2, -0.15) is 0 Å². The average Bonchev–Trinajstić information content (AvgIpc) is 2.25. The molecule has 0 saturated heterocycles. The van der Waals surface area contributed by atoms with E-state index in [0.29, 0.717) is 5.02 Å². The molecule has 1 aromatic rings. The number of anilines is 1. The number of carbonyl (C=O) groups excluding carboxylic acids is 1. The molecule has 0 fully saturated rings. The normalized spacial score (nSPS) is 12.9. The molecule has 0 aliphatic rings. The van der Waals surface area contributed by atoms with Crippen molar-refractivity contribution >= 4 is 23.4 Å². The highest BCUT2D eigenvalue weighted by molar-refractivity contribution is 6.31. The van der Waals surface area contributed by atoms with Crippen LogP contribution in [0.2, 0.25) is 5.02 Å². The van der Waals surface area contributed by atoms with Crippen LogP contribution in [0.4, 0.5) is 14.9 Å². The molecule has 0 aromatic heterocycles. The van der Waals surface area contributed by atoms with E-state index < -0.39 is 17.9 Å². The first kappa shape index (κ1) is 15.7. The number of hydrogen-bond acceptors (Lipinski definition) is 3. The molecule has 19 heavy (non-hydrogen) atoms. The number of halogens is 2. The molecule has 0 bridgehead atoms. The molecule has 0 radical (unpaired) electrons. The molecule has 0 aliphatic heterocycles. The van der Waals surface area contributed by atoms with Crippen LogP contribution < -0.4 is 11.1 Å². The Labute approximate surface area is 117 Å². The van der Waals surface area contributed by atoms with Gasteiger partial charge in [0.25, 0.3) is 0 Å². The minimum Gasteiger partial charge on any atom is -0.444 e. The maximum atomic E-state index is 13.7. The van der Waals surface area contributed by atoms with Crippen molar-refractivity contribution in [2.24, 2.45) is 5.73 Å². The zero-order chi connectivity index (χ0) is 14.6. The molecule has 1 atom stereocenters. The Morgan fingerprint density at radius 3 is 2.68 bits per heavy atom. The van der Waals surface area contributed by atoms with Crippen LogP contribution >= 0.6 is 11.6 Å². The second kappa shape index (κ2) is 6.21. The van der Waals surface area contributed by atoms with Gasteiger partial charge in [-0.05, 0) is 32.9 Å². The summed E-state index contributed by atoms with van der Waals surface area (Å²) >= 11 is 5.84. The highest BCUT2D eigenvalue weighted by Gasteiger charge is 2.19. The summed E-state index contributed by atoms with van der Waals surface area (Å²) in [5, 5.41) is 2.87. The predicted molar refractivity (Wildman–Crippen MR) is 74.2 cm³/mol. The first-order valence-electron chi connectivity index (χ1n) is 5.86. The number of nitrogens with one attached hydrogen (secondary N) is 1. The van der Waals surface area contributed by atoms with Crippen molar-refractivity contribution in [2.45, 2.75) is 32.5 Å². The fourth-order valence-electron chi connectivity index (χ4n) is 1.45. The monoisotopic (exact) mass is 288 g/mol. The summed E-state index contributed by atoms with van der Waals surface area (Å²) in [7, 11) is 0. The molecule has 0 spiro atoms. The van der Waals surface area contributed by atoms with Crippen LogP contribution in [-0.2, 0) is 4.74 Å². The molecule has 1 amide bonds. The lowest BCUT2D eigenvalue weighted by Gasteiger charge is -2.21. The Kier molecular flexibility index (Phi) is 5.14. The Hall–Kier alpha value is -1.33. The van der Waals surface area contributed by atoms with Crippen molar-refractivity contribution in [1.82, 2.24) is 0 Å². The second-order valence-corrected chi connectivity index (χ2v) is 5.50. The van der Waals surface area contributed by atoms with Crippen LogP contribution in [0.3, 0.4) is 0 Å². The molecule has 1 unspecified atom stereocenters. The van der Waals surface area contributed by atoms with Crippen molar-refractivity contribution in [3.8, 4) is 0 Å². The zero-order valence-electron chi connectivity index (χ0n) is 11.2. The van der Waals surface area contributed by atoms with Gasteiger partial charge in [-0.25, -0.2) is 9.18 Å². The number of carbonyl (C=O) groups is 1. The summed E-state index contributed by atoms with van der Waals surface area (Å²) in [4.78, 5) is 11.7. The Morgan fingerprint density at radius 1 is 1.53 bits per heavy atom. The van der Waals surface area contributed by atoms with E-state index in [1.807, 2.05) is 0 Å². The number of nitrogens with two attached hydrogens (primary N) is 1.